The van der Waals surface area contributed by atoms with Crippen LogP contribution >= 0.6 is 0 Å². The highest BCUT2D eigenvalue weighted by atomic mass is 32.2. The van der Waals surface area contributed by atoms with Gasteiger partial charge < -0.3 is 15.8 Å². The number of methoxy groups -OCH3 is 1. The van der Waals surface area contributed by atoms with Crippen molar-refractivity contribution in [1.29, 1.82) is 0 Å². The number of anilines is 1. The molecular weight excluding hydrogens is 287 g/mol. The fourth-order valence-electron chi connectivity index (χ4n) is 1.52. The Morgan fingerprint density at radius 3 is 2.70 bits per heavy atom. The third-order valence-electron chi connectivity index (χ3n) is 2.42. The number of carbonyl (C=O) groups excluding carboxylic acids is 1. The number of carbonyl (C=O) groups is 1. The molecule has 0 aromatic heterocycles. The van der Waals surface area contributed by atoms with Gasteiger partial charge >= 0.3 is 0 Å². The monoisotopic (exact) mass is 304 g/mol. The summed E-state index contributed by atoms with van der Waals surface area (Å²) in [5.74, 6) is -2.16. The number of sulfone groups is 1. The van der Waals surface area contributed by atoms with Gasteiger partial charge in [0.15, 0.2) is 9.84 Å². The van der Waals surface area contributed by atoms with Crippen LogP contribution in [0, 0.1) is 5.82 Å². The summed E-state index contributed by atoms with van der Waals surface area (Å²) in [5, 5.41) is 2.45. The minimum atomic E-state index is -3.91. The van der Waals surface area contributed by atoms with Crippen molar-refractivity contribution < 1.29 is 22.3 Å². The largest absolute Gasteiger partial charge is 0.399 e. The number of nitrogen functional groups attached to an aromatic ring is 1. The SMILES string of the molecule is COCCCNC(=O)CS(=O)(=O)c1cc(N)cc(F)c1. The first-order valence-electron chi connectivity index (χ1n) is 5.89. The number of nitrogens with one attached hydrogen (secondary N) is 1. The predicted molar refractivity (Wildman–Crippen MR) is 72.4 cm³/mol. The van der Waals surface area contributed by atoms with Crippen molar-refractivity contribution in [2.45, 2.75) is 11.3 Å². The topological polar surface area (TPSA) is 98.5 Å². The van der Waals surface area contributed by atoms with Crippen LogP contribution < -0.4 is 11.1 Å². The van der Waals surface area contributed by atoms with Crippen molar-refractivity contribution in [2.24, 2.45) is 0 Å². The maximum atomic E-state index is 13.1. The Kier molecular flexibility index (Phi) is 5.90. The van der Waals surface area contributed by atoms with Crippen molar-refractivity contribution in [3.8, 4) is 0 Å². The number of amides is 1. The summed E-state index contributed by atoms with van der Waals surface area (Å²) in [6.45, 7) is 0.779. The van der Waals surface area contributed by atoms with Gasteiger partial charge in [0.05, 0.1) is 4.90 Å². The molecule has 112 valence electrons. The van der Waals surface area contributed by atoms with Crippen LogP contribution in [0.25, 0.3) is 0 Å². The molecule has 1 aromatic carbocycles. The first-order valence-corrected chi connectivity index (χ1v) is 7.55. The summed E-state index contributed by atoms with van der Waals surface area (Å²) < 4.78 is 41.8. The van der Waals surface area contributed by atoms with Crippen molar-refractivity contribution in [1.82, 2.24) is 5.32 Å². The average molecular weight is 304 g/mol. The average Bonchev–Trinajstić information content (AvgIpc) is 2.33. The van der Waals surface area contributed by atoms with Gasteiger partial charge in [0.25, 0.3) is 0 Å². The van der Waals surface area contributed by atoms with E-state index in [0.717, 1.165) is 18.2 Å². The van der Waals surface area contributed by atoms with Crippen LogP contribution in [0.1, 0.15) is 6.42 Å². The molecule has 1 aromatic rings. The smallest absolute Gasteiger partial charge is 0.235 e. The highest BCUT2D eigenvalue weighted by Gasteiger charge is 2.20. The van der Waals surface area contributed by atoms with E-state index < -0.39 is 27.3 Å². The lowest BCUT2D eigenvalue weighted by Gasteiger charge is -2.07. The standard InChI is InChI=1S/C12H17FN2O4S/c1-19-4-2-3-15-12(16)8-20(17,18)11-6-9(13)5-10(14)7-11/h5-7H,2-4,8,14H2,1H3,(H,15,16). The molecule has 1 rings (SSSR count). The van der Waals surface area contributed by atoms with Gasteiger partial charge in [-0.05, 0) is 24.6 Å². The highest BCUT2D eigenvalue weighted by Crippen LogP contribution is 2.17. The van der Waals surface area contributed by atoms with Crippen molar-refractivity contribution >= 4 is 21.4 Å². The lowest BCUT2D eigenvalue weighted by atomic mass is 10.3. The molecular formula is C12H17FN2O4S. The number of rotatable bonds is 7. The number of halogens is 1. The van der Waals surface area contributed by atoms with E-state index in [-0.39, 0.29) is 10.6 Å². The molecule has 0 bridgehead atoms. The van der Waals surface area contributed by atoms with Crippen LogP contribution in [-0.2, 0) is 19.4 Å². The van der Waals surface area contributed by atoms with E-state index in [9.17, 15) is 17.6 Å². The van der Waals surface area contributed by atoms with Crippen LogP contribution in [0.4, 0.5) is 10.1 Å². The van der Waals surface area contributed by atoms with Crippen molar-refractivity contribution in [2.75, 3.05) is 31.7 Å². The van der Waals surface area contributed by atoms with Crippen LogP contribution in [0.5, 0.6) is 0 Å². The second kappa shape index (κ2) is 7.20. The number of benzene rings is 1. The first kappa shape index (κ1) is 16.4. The summed E-state index contributed by atoms with van der Waals surface area (Å²) in [7, 11) is -2.38. The number of ether oxygens (including phenoxy) is 1. The predicted octanol–water partition coefficient (Wildman–Crippen LogP) is 0.334. The Labute approximate surface area is 117 Å². The number of hydrogen-bond acceptors (Lipinski definition) is 5. The minimum absolute atomic E-state index is 0.0101. The van der Waals surface area contributed by atoms with E-state index in [0.29, 0.717) is 19.6 Å². The Hall–Kier alpha value is -1.67. The molecule has 0 fully saturated rings. The van der Waals surface area contributed by atoms with Crippen LogP contribution in [-0.4, -0.2) is 40.3 Å². The van der Waals surface area contributed by atoms with E-state index >= 15 is 0 Å². The number of hydrogen-bond donors (Lipinski definition) is 2. The van der Waals surface area contributed by atoms with E-state index in [2.05, 4.69) is 5.32 Å². The molecule has 0 saturated carbocycles. The summed E-state index contributed by atoms with van der Waals surface area (Å²) in [5.41, 5.74) is 5.37. The Morgan fingerprint density at radius 1 is 1.40 bits per heavy atom. The molecule has 0 aliphatic carbocycles. The third kappa shape index (κ3) is 5.14. The molecule has 20 heavy (non-hydrogen) atoms. The zero-order valence-electron chi connectivity index (χ0n) is 11.1. The Balaban J connectivity index is 2.67. The molecule has 0 aliphatic heterocycles. The van der Waals surface area contributed by atoms with E-state index in [1.54, 1.807) is 0 Å². The second-order valence-corrected chi connectivity index (χ2v) is 6.17. The molecule has 0 atom stereocenters. The lowest BCUT2D eigenvalue weighted by Crippen LogP contribution is -2.31. The van der Waals surface area contributed by atoms with Gasteiger partial charge in [-0.3, -0.25) is 4.79 Å². The van der Waals surface area contributed by atoms with E-state index in [1.165, 1.54) is 7.11 Å². The summed E-state index contributed by atoms with van der Waals surface area (Å²) in [4.78, 5) is 11.2. The van der Waals surface area contributed by atoms with Crippen molar-refractivity contribution in [3.63, 3.8) is 0 Å². The molecule has 3 N–H and O–H groups in total. The van der Waals surface area contributed by atoms with Gasteiger partial charge in [-0.1, -0.05) is 0 Å². The molecule has 8 heteroatoms. The van der Waals surface area contributed by atoms with Crippen molar-refractivity contribution in [3.05, 3.63) is 24.0 Å². The van der Waals surface area contributed by atoms with Crippen LogP contribution in [0.2, 0.25) is 0 Å². The Morgan fingerprint density at radius 2 is 2.10 bits per heavy atom. The molecule has 6 nitrogen and oxygen atoms in total. The zero-order chi connectivity index (χ0) is 15.2. The zero-order valence-corrected chi connectivity index (χ0v) is 11.9. The summed E-state index contributed by atoms with van der Waals surface area (Å²) in [6.07, 6.45) is 0.579. The van der Waals surface area contributed by atoms with Crippen LogP contribution in [0.3, 0.4) is 0 Å². The first-order chi connectivity index (χ1) is 9.35. The van der Waals surface area contributed by atoms with E-state index in [4.69, 9.17) is 10.5 Å². The van der Waals surface area contributed by atoms with Gasteiger partial charge in [0, 0.05) is 25.9 Å². The number of nitrogens with two attached hydrogens (primary N) is 1. The van der Waals surface area contributed by atoms with Gasteiger partial charge in [0.2, 0.25) is 5.91 Å². The maximum Gasteiger partial charge on any atom is 0.235 e. The van der Waals surface area contributed by atoms with Gasteiger partial charge in [-0.25, -0.2) is 12.8 Å². The van der Waals surface area contributed by atoms with Gasteiger partial charge in [-0.2, -0.15) is 0 Å². The molecule has 0 heterocycles. The molecule has 0 aliphatic rings. The minimum Gasteiger partial charge on any atom is -0.399 e. The fraction of sp³-hybridized carbons (Fsp3) is 0.417. The summed E-state index contributed by atoms with van der Waals surface area (Å²) >= 11 is 0. The third-order valence-corrected chi connectivity index (χ3v) is 4.02. The van der Waals surface area contributed by atoms with Gasteiger partial charge in [0.1, 0.15) is 11.6 Å². The Bertz CT molecular complexity index is 555. The van der Waals surface area contributed by atoms with Gasteiger partial charge in [-0.15, -0.1) is 0 Å². The molecule has 0 spiro atoms. The van der Waals surface area contributed by atoms with E-state index in [1.807, 2.05) is 0 Å². The lowest BCUT2D eigenvalue weighted by molar-refractivity contribution is -0.118. The molecule has 1 amide bonds. The highest BCUT2D eigenvalue weighted by molar-refractivity contribution is 7.92. The normalized spacial score (nSPS) is 11.3. The van der Waals surface area contributed by atoms with Crippen LogP contribution in [0.15, 0.2) is 23.1 Å². The quantitative estimate of drug-likeness (QED) is 0.559. The maximum absolute atomic E-state index is 13.1. The molecule has 0 unspecified atom stereocenters. The molecule has 0 saturated heterocycles. The second-order valence-electron chi connectivity index (χ2n) is 4.18. The molecule has 0 radical (unpaired) electrons. The fourth-order valence-corrected chi connectivity index (χ4v) is 2.74. The summed E-state index contributed by atoms with van der Waals surface area (Å²) in [6, 6.07) is 2.96.